The number of Topliss-reactive ketones (excluding diaryl/α,β-unsaturated/α-hetero) is 1. The standard InChI is InChI=1S/C23H15FO5/c1-27-17-8-2-14(3-9-17)12-21-22(25)19-11-10-18(13-20(19)29-21)28-23(26)15-4-6-16(24)7-5-15/h2-13H,1H3/b21-12-. The summed E-state index contributed by atoms with van der Waals surface area (Å²) in [5.74, 6) is 0.0716. The molecule has 0 unspecified atom stereocenters. The lowest BCUT2D eigenvalue weighted by Gasteiger charge is -2.05. The average Bonchev–Trinajstić information content (AvgIpc) is 3.03. The van der Waals surface area contributed by atoms with Gasteiger partial charge >= 0.3 is 5.97 Å². The molecular weight excluding hydrogens is 375 g/mol. The molecule has 0 N–H and O–H groups in total. The molecule has 0 amide bonds. The second-order valence-electron chi connectivity index (χ2n) is 6.27. The zero-order chi connectivity index (χ0) is 20.4. The van der Waals surface area contributed by atoms with Crippen molar-refractivity contribution in [2.45, 2.75) is 0 Å². The first kappa shape index (κ1) is 18.4. The summed E-state index contributed by atoms with van der Waals surface area (Å²) in [6.07, 6.45) is 1.63. The predicted molar refractivity (Wildman–Crippen MR) is 104 cm³/mol. The van der Waals surface area contributed by atoms with Gasteiger partial charge in [-0.1, -0.05) is 12.1 Å². The van der Waals surface area contributed by atoms with Crippen molar-refractivity contribution in [3.63, 3.8) is 0 Å². The van der Waals surface area contributed by atoms with Crippen molar-refractivity contribution in [1.82, 2.24) is 0 Å². The van der Waals surface area contributed by atoms with Crippen molar-refractivity contribution >= 4 is 17.8 Å². The fourth-order valence-corrected chi connectivity index (χ4v) is 2.83. The van der Waals surface area contributed by atoms with Gasteiger partial charge in [0.2, 0.25) is 5.78 Å². The molecule has 0 aliphatic carbocycles. The van der Waals surface area contributed by atoms with Crippen molar-refractivity contribution in [2.75, 3.05) is 7.11 Å². The molecule has 0 bridgehead atoms. The minimum Gasteiger partial charge on any atom is -0.497 e. The van der Waals surface area contributed by atoms with Gasteiger partial charge in [0.05, 0.1) is 18.2 Å². The summed E-state index contributed by atoms with van der Waals surface area (Å²) < 4.78 is 29.1. The van der Waals surface area contributed by atoms with Gasteiger partial charge in [-0.05, 0) is 60.2 Å². The van der Waals surface area contributed by atoms with Crippen LogP contribution in [-0.2, 0) is 0 Å². The number of carbonyl (C=O) groups is 2. The molecule has 4 rings (SSSR count). The first-order valence-corrected chi connectivity index (χ1v) is 8.73. The Balaban J connectivity index is 1.52. The second-order valence-corrected chi connectivity index (χ2v) is 6.27. The molecule has 0 fully saturated rings. The summed E-state index contributed by atoms with van der Waals surface area (Å²) in [5, 5.41) is 0. The molecule has 3 aromatic rings. The molecule has 0 saturated carbocycles. The van der Waals surface area contributed by atoms with Crippen LogP contribution in [-0.4, -0.2) is 18.9 Å². The Hall–Kier alpha value is -3.93. The smallest absolute Gasteiger partial charge is 0.343 e. The fraction of sp³-hybridized carbons (Fsp3) is 0.0435. The lowest BCUT2D eigenvalue weighted by Crippen LogP contribution is -2.08. The van der Waals surface area contributed by atoms with Crippen LogP contribution in [0.15, 0.2) is 72.5 Å². The number of halogens is 1. The van der Waals surface area contributed by atoms with E-state index in [0.717, 1.165) is 5.56 Å². The highest BCUT2D eigenvalue weighted by Crippen LogP contribution is 2.35. The molecule has 1 aliphatic rings. The fourth-order valence-electron chi connectivity index (χ4n) is 2.83. The van der Waals surface area contributed by atoms with Crippen LogP contribution in [0.2, 0.25) is 0 Å². The maximum absolute atomic E-state index is 13.0. The van der Waals surface area contributed by atoms with Crippen LogP contribution in [0.25, 0.3) is 6.08 Å². The maximum atomic E-state index is 13.0. The Labute approximate surface area is 166 Å². The Bertz CT molecular complexity index is 1120. The highest BCUT2D eigenvalue weighted by atomic mass is 19.1. The first-order valence-electron chi connectivity index (χ1n) is 8.73. The molecule has 1 heterocycles. The van der Waals surface area contributed by atoms with Crippen molar-refractivity contribution in [1.29, 1.82) is 0 Å². The van der Waals surface area contributed by atoms with E-state index in [4.69, 9.17) is 14.2 Å². The van der Waals surface area contributed by atoms with E-state index in [9.17, 15) is 14.0 Å². The number of hydrogen-bond acceptors (Lipinski definition) is 5. The van der Waals surface area contributed by atoms with E-state index in [1.54, 1.807) is 43.5 Å². The maximum Gasteiger partial charge on any atom is 0.343 e. The second kappa shape index (κ2) is 7.59. The molecule has 144 valence electrons. The van der Waals surface area contributed by atoms with Crippen molar-refractivity contribution in [3.8, 4) is 17.2 Å². The van der Waals surface area contributed by atoms with Gasteiger partial charge in [0, 0.05) is 6.07 Å². The summed E-state index contributed by atoms with van der Waals surface area (Å²) in [6, 6.07) is 16.7. The van der Waals surface area contributed by atoms with Crippen LogP contribution in [0.4, 0.5) is 4.39 Å². The van der Waals surface area contributed by atoms with Crippen LogP contribution >= 0.6 is 0 Å². The van der Waals surface area contributed by atoms with Gasteiger partial charge in [-0.25, -0.2) is 9.18 Å². The third kappa shape index (κ3) is 3.87. The predicted octanol–water partition coefficient (Wildman–Crippen LogP) is 4.67. The molecule has 1 aliphatic heterocycles. The largest absolute Gasteiger partial charge is 0.497 e. The molecule has 3 aromatic carbocycles. The Morgan fingerprint density at radius 3 is 2.34 bits per heavy atom. The number of ether oxygens (including phenoxy) is 3. The van der Waals surface area contributed by atoms with Gasteiger partial charge in [0.1, 0.15) is 23.1 Å². The van der Waals surface area contributed by atoms with Crippen molar-refractivity contribution < 1.29 is 28.2 Å². The summed E-state index contributed by atoms with van der Waals surface area (Å²) >= 11 is 0. The van der Waals surface area contributed by atoms with E-state index >= 15 is 0 Å². The molecular formula is C23H15FO5. The minimum absolute atomic E-state index is 0.173. The summed E-state index contributed by atoms with van der Waals surface area (Å²) in [7, 11) is 1.58. The third-order valence-corrected chi connectivity index (χ3v) is 4.35. The summed E-state index contributed by atoms with van der Waals surface area (Å²) in [5.41, 5.74) is 1.38. The Morgan fingerprint density at radius 1 is 0.966 bits per heavy atom. The number of methoxy groups -OCH3 is 1. The van der Waals surface area contributed by atoms with Gasteiger partial charge in [-0.3, -0.25) is 4.79 Å². The van der Waals surface area contributed by atoms with Gasteiger partial charge < -0.3 is 14.2 Å². The van der Waals surface area contributed by atoms with E-state index in [0.29, 0.717) is 17.1 Å². The van der Waals surface area contributed by atoms with E-state index in [1.165, 1.54) is 36.4 Å². The Kier molecular flexibility index (Phi) is 4.83. The number of benzene rings is 3. The highest BCUT2D eigenvalue weighted by Gasteiger charge is 2.28. The van der Waals surface area contributed by atoms with E-state index < -0.39 is 11.8 Å². The molecule has 6 heteroatoms. The van der Waals surface area contributed by atoms with Crippen LogP contribution in [0.1, 0.15) is 26.3 Å². The monoisotopic (exact) mass is 390 g/mol. The number of hydrogen-bond donors (Lipinski definition) is 0. The molecule has 5 nitrogen and oxygen atoms in total. The van der Waals surface area contributed by atoms with Gasteiger partial charge in [0.15, 0.2) is 5.76 Å². The number of carbonyl (C=O) groups excluding carboxylic acids is 2. The van der Waals surface area contributed by atoms with Gasteiger partial charge in [-0.2, -0.15) is 0 Å². The number of rotatable bonds is 4. The number of fused-ring (bicyclic) bond motifs is 1. The molecule has 0 atom stereocenters. The topological polar surface area (TPSA) is 61.8 Å². The third-order valence-electron chi connectivity index (χ3n) is 4.35. The highest BCUT2D eigenvalue weighted by molar-refractivity contribution is 6.14. The van der Waals surface area contributed by atoms with E-state index in [-0.39, 0.29) is 22.9 Å². The number of ketones is 1. The Morgan fingerprint density at radius 2 is 1.66 bits per heavy atom. The zero-order valence-corrected chi connectivity index (χ0v) is 15.3. The van der Waals surface area contributed by atoms with Crippen molar-refractivity contribution in [2.24, 2.45) is 0 Å². The minimum atomic E-state index is -0.636. The molecule has 0 saturated heterocycles. The van der Waals surface area contributed by atoms with Gasteiger partial charge in [0.25, 0.3) is 0 Å². The average molecular weight is 390 g/mol. The molecule has 0 spiro atoms. The van der Waals surface area contributed by atoms with E-state index in [2.05, 4.69) is 0 Å². The van der Waals surface area contributed by atoms with Crippen molar-refractivity contribution in [3.05, 3.63) is 95.0 Å². The zero-order valence-electron chi connectivity index (χ0n) is 15.3. The quantitative estimate of drug-likeness (QED) is 0.368. The molecule has 0 radical (unpaired) electrons. The van der Waals surface area contributed by atoms with Crippen LogP contribution < -0.4 is 14.2 Å². The van der Waals surface area contributed by atoms with Crippen LogP contribution in [0.5, 0.6) is 17.2 Å². The summed E-state index contributed by atoms with van der Waals surface area (Å²) in [4.78, 5) is 24.7. The van der Waals surface area contributed by atoms with E-state index in [1.807, 2.05) is 0 Å². The normalized spacial score (nSPS) is 13.7. The van der Waals surface area contributed by atoms with Crippen LogP contribution in [0.3, 0.4) is 0 Å². The van der Waals surface area contributed by atoms with Crippen LogP contribution in [0, 0.1) is 5.82 Å². The SMILES string of the molecule is COc1ccc(/C=C2\Oc3cc(OC(=O)c4ccc(F)cc4)ccc3C2=O)cc1. The molecule has 0 aromatic heterocycles. The van der Waals surface area contributed by atoms with Gasteiger partial charge in [-0.15, -0.1) is 0 Å². The lowest BCUT2D eigenvalue weighted by molar-refractivity contribution is 0.0734. The number of esters is 1. The summed E-state index contributed by atoms with van der Waals surface area (Å²) in [6.45, 7) is 0. The lowest BCUT2D eigenvalue weighted by atomic mass is 10.1. The molecule has 29 heavy (non-hydrogen) atoms. The number of allylic oxidation sites excluding steroid dienone is 1. The first-order chi connectivity index (χ1) is 14.0.